The van der Waals surface area contributed by atoms with Gasteiger partial charge in [-0.1, -0.05) is 12.1 Å². The maximum atomic E-state index is 13.3. The number of hydrogen-bond donors (Lipinski definition) is 1. The maximum absolute atomic E-state index is 13.3. The number of aromatic nitrogens is 2. The number of benzene rings is 2. The molecule has 8 nitrogen and oxygen atoms in total. The molecule has 0 spiro atoms. The van der Waals surface area contributed by atoms with Gasteiger partial charge in [0.2, 0.25) is 15.9 Å². The van der Waals surface area contributed by atoms with Gasteiger partial charge in [-0.2, -0.15) is 13.1 Å². The molecule has 1 unspecified atom stereocenters. The van der Waals surface area contributed by atoms with Crippen molar-refractivity contribution >= 4 is 44.4 Å². The van der Waals surface area contributed by atoms with Gasteiger partial charge >= 0.3 is 0 Å². The number of anilines is 1. The number of sulfonamides is 1. The zero-order valence-corrected chi connectivity index (χ0v) is 18.3. The van der Waals surface area contributed by atoms with Crippen LogP contribution in [0.3, 0.4) is 0 Å². The van der Waals surface area contributed by atoms with Crippen molar-refractivity contribution in [3.8, 4) is 5.75 Å². The second-order valence-electron chi connectivity index (χ2n) is 7.28. The molecule has 0 aliphatic carbocycles. The summed E-state index contributed by atoms with van der Waals surface area (Å²) in [7, 11) is -2.24. The summed E-state index contributed by atoms with van der Waals surface area (Å²) in [6.45, 7) is 2.42. The van der Waals surface area contributed by atoms with Crippen molar-refractivity contribution in [1.82, 2.24) is 13.1 Å². The summed E-state index contributed by atoms with van der Waals surface area (Å²) in [5.74, 6) is -0.101. The quantitative estimate of drug-likeness (QED) is 0.646. The van der Waals surface area contributed by atoms with Crippen LogP contribution in [0.5, 0.6) is 5.75 Å². The molecule has 0 saturated carbocycles. The number of ether oxygens (including phenoxy) is 1. The Balaban J connectivity index is 1.55. The van der Waals surface area contributed by atoms with Crippen LogP contribution in [0, 0.1) is 12.8 Å². The molecule has 1 N–H and O–H groups in total. The first-order valence-electron chi connectivity index (χ1n) is 9.57. The van der Waals surface area contributed by atoms with E-state index in [0.717, 1.165) is 17.3 Å². The smallest absolute Gasteiger partial charge is 0.245 e. The van der Waals surface area contributed by atoms with E-state index >= 15 is 0 Å². The van der Waals surface area contributed by atoms with Crippen LogP contribution in [-0.2, 0) is 14.8 Å². The van der Waals surface area contributed by atoms with Gasteiger partial charge in [0.15, 0.2) is 0 Å². The third-order valence-corrected chi connectivity index (χ3v) is 7.67. The summed E-state index contributed by atoms with van der Waals surface area (Å²) in [6.07, 6.45) is 1.22. The zero-order valence-electron chi connectivity index (χ0n) is 16.7. The largest absolute Gasteiger partial charge is 0.495 e. The van der Waals surface area contributed by atoms with E-state index in [1.807, 2.05) is 19.1 Å². The molecule has 2 aromatic carbocycles. The number of carbonyl (C=O) groups is 1. The second-order valence-corrected chi connectivity index (χ2v) is 9.72. The van der Waals surface area contributed by atoms with E-state index in [4.69, 9.17) is 4.74 Å². The lowest BCUT2D eigenvalue weighted by molar-refractivity contribution is -0.120. The predicted molar refractivity (Wildman–Crippen MR) is 115 cm³/mol. The Morgan fingerprint density at radius 1 is 1.27 bits per heavy atom. The standard InChI is InChI=1S/C20H22N4O4S2/c1-13-8-9-17(28-2)16(11-13)21-20(25)14-5-4-10-24(12-14)30(26,27)18-7-3-6-15-19(18)23-29-22-15/h3,6-9,11,14H,4-5,10,12H2,1-2H3,(H,21,25). The molecule has 1 aromatic heterocycles. The first-order valence-corrected chi connectivity index (χ1v) is 11.7. The van der Waals surface area contributed by atoms with Gasteiger partial charge in [0.05, 0.1) is 30.4 Å². The van der Waals surface area contributed by atoms with Gasteiger partial charge in [-0.25, -0.2) is 8.42 Å². The lowest BCUT2D eigenvalue weighted by Crippen LogP contribution is -2.43. The summed E-state index contributed by atoms with van der Waals surface area (Å²) in [5, 5.41) is 2.90. The van der Waals surface area contributed by atoms with Crippen LogP contribution in [-0.4, -0.2) is 47.6 Å². The van der Waals surface area contributed by atoms with Crippen LogP contribution in [0.25, 0.3) is 11.0 Å². The maximum Gasteiger partial charge on any atom is 0.245 e. The molecular formula is C20H22N4O4S2. The normalized spacial score (nSPS) is 17.7. The van der Waals surface area contributed by atoms with E-state index < -0.39 is 15.9 Å². The van der Waals surface area contributed by atoms with Crippen molar-refractivity contribution in [2.75, 3.05) is 25.5 Å². The number of rotatable bonds is 5. The van der Waals surface area contributed by atoms with Crippen LogP contribution >= 0.6 is 11.7 Å². The van der Waals surface area contributed by atoms with Gasteiger partial charge in [0.1, 0.15) is 21.7 Å². The minimum atomic E-state index is -3.78. The third kappa shape index (κ3) is 3.90. The highest BCUT2D eigenvalue weighted by Crippen LogP contribution is 2.30. The Labute approximate surface area is 179 Å². The lowest BCUT2D eigenvalue weighted by atomic mass is 9.98. The van der Waals surface area contributed by atoms with Crippen LogP contribution in [0.2, 0.25) is 0 Å². The van der Waals surface area contributed by atoms with E-state index in [2.05, 4.69) is 14.1 Å². The molecule has 0 radical (unpaired) electrons. The molecule has 1 saturated heterocycles. The average Bonchev–Trinajstić information content (AvgIpc) is 3.23. The SMILES string of the molecule is COc1ccc(C)cc1NC(=O)C1CCCN(S(=O)(=O)c2cccc3nsnc23)C1. The molecule has 3 aromatic rings. The minimum Gasteiger partial charge on any atom is -0.495 e. The average molecular weight is 447 g/mol. The van der Waals surface area contributed by atoms with Gasteiger partial charge < -0.3 is 10.1 Å². The van der Waals surface area contributed by atoms with E-state index in [0.29, 0.717) is 41.9 Å². The van der Waals surface area contributed by atoms with Crippen molar-refractivity contribution in [1.29, 1.82) is 0 Å². The van der Waals surface area contributed by atoms with Gasteiger partial charge in [0.25, 0.3) is 0 Å². The summed E-state index contributed by atoms with van der Waals surface area (Å²) in [6, 6.07) is 10.5. The fraction of sp³-hybridized carbons (Fsp3) is 0.350. The summed E-state index contributed by atoms with van der Waals surface area (Å²) in [4.78, 5) is 13.1. The van der Waals surface area contributed by atoms with Crippen LogP contribution in [0.1, 0.15) is 18.4 Å². The van der Waals surface area contributed by atoms with Crippen molar-refractivity contribution in [3.63, 3.8) is 0 Å². The molecule has 4 rings (SSSR count). The molecule has 158 valence electrons. The van der Waals surface area contributed by atoms with Crippen molar-refractivity contribution in [3.05, 3.63) is 42.0 Å². The molecule has 1 atom stereocenters. The number of hydrogen-bond acceptors (Lipinski definition) is 7. The third-order valence-electron chi connectivity index (χ3n) is 5.23. The van der Waals surface area contributed by atoms with Crippen LogP contribution in [0.4, 0.5) is 5.69 Å². The fourth-order valence-corrected chi connectivity index (χ4v) is 5.93. The topological polar surface area (TPSA) is 101 Å². The van der Waals surface area contributed by atoms with E-state index in [-0.39, 0.29) is 17.3 Å². The predicted octanol–water partition coefficient (Wildman–Crippen LogP) is 3.05. The van der Waals surface area contributed by atoms with Gasteiger partial charge in [-0.05, 0) is 49.6 Å². The van der Waals surface area contributed by atoms with Crippen LogP contribution in [0.15, 0.2) is 41.3 Å². The van der Waals surface area contributed by atoms with Gasteiger partial charge in [0, 0.05) is 13.1 Å². The highest BCUT2D eigenvalue weighted by atomic mass is 32.2. The molecular weight excluding hydrogens is 424 g/mol. The number of amides is 1. The van der Waals surface area contributed by atoms with Gasteiger partial charge in [-0.15, -0.1) is 0 Å². The minimum absolute atomic E-state index is 0.121. The summed E-state index contributed by atoms with van der Waals surface area (Å²) >= 11 is 0.982. The highest BCUT2D eigenvalue weighted by Gasteiger charge is 2.35. The van der Waals surface area contributed by atoms with Crippen LogP contribution < -0.4 is 10.1 Å². The first-order chi connectivity index (χ1) is 14.4. The molecule has 2 heterocycles. The monoisotopic (exact) mass is 446 g/mol. The lowest BCUT2D eigenvalue weighted by Gasteiger charge is -2.31. The number of aryl methyl sites for hydroxylation is 1. The molecule has 0 bridgehead atoms. The Bertz CT molecular complexity index is 1190. The van der Waals surface area contributed by atoms with E-state index in [1.165, 1.54) is 4.31 Å². The molecule has 10 heteroatoms. The fourth-order valence-electron chi connectivity index (χ4n) is 3.66. The number of piperidine rings is 1. The molecule has 1 fully saturated rings. The van der Waals surface area contributed by atoms with Gasteiger partial charge in [-0.3, -0.25) is 4.79 Å². The molecule has 1 amide bonds. The van der Waals surface area contributed by atoms with E-state index in [9.17, 15) is 13.2 Å². The van der Waals surface area contributed by atoms with Crippen molar-refractivity contribution in [2.24, 2.45) is 5.92 Å². The summed E-state index contributed by atoms with van der Waals surface area (Å²) < 4.78 is 41.5. The van der Waals surface area contributed by atoms with E-state index in [1.54, 1.807) is 31.4 Å². The second kappa shape index (κ2) is 8.29. The first kappa shape index (κ1) is 20.7. The molecule has 1 aliphatic heterocycles. The molecule has 30 heavy (non-hydrogen) atoms. The Hall–Kier alpha value is -2.56. The summed E-state index contributed by atoms with van der Waals surface area (Å²) in [5.41, 5.74) is 2.50. The molecule has 1 aliphatic rings. The number of fused-ring (bicyclic) bond motifs is 1. The zero-order chi connectivity index (χ0) is 21.3. The Morgan fingerprint density at radius 2 is 2.10 bits per heavy atom. The number of carbonyl (C=O) groups excluding carboxylic acids is 1. The van der Waals surface area contributed by atoms with Crippen molar-refractivity contribution in [2.45, 2.75) is 24.7 Å². The Kier molecular flexibility index (Phi) is 5.72. The Morgan fingerprint density at radius 3 is 2.90 bits per heavy atom. The van der Waals surface area contributed by atoms with Crippen molar-refractivity contribution < 1.29 is 17.9 Å². The number of methoxy groups -OCH3 is 1. The number of nitrogens with one attached hydrogen (secondary N) is 1. The number of nitrogens with zero attached hydrogens (tertiary/aromatic N) is 3. The highest BCUT2D eigenvalue weighted by molar-refractivity contribution is 7.89.